The second-order valence-electron chi connectivity index (χ2n) is 9.23. The highest BCUT2D eigenvalue weighted by Crippen LogP contribution is 2.33. The summed E-state index contributed by atoms with van der Waals surface area (Å²) in [6.45, 7) is 3.03. The van der Waals surface area contributed by atoms with Crippen molar-refractivity contribution in [1.29, 1.82) is 5.26 Å². The molecule has 5 rings (SSSR count). The van der Waals surface area contributed by atoms with Crippen LogP contribution >= 0.6 is 23.2 Å². The number of nitrogens with zero attached hydrogens (tertiary/aromatic N) is 8. The van der Waals surface area contributed by atoms with E-state index in [2.05, 4.69) is 30.3 Å². The molecule has 1 aliphatic heterocycles. The van der Waals surface area contributed by atoms with Crippen molar-refractivity contribution in [3.05, 3.63) is 100 Å². The van der Waals surface area contributed by atoms with Crippen molar-refractivity contribution in [2.75, 3.05) is 27.4 Å². The fourth-order valence-electron chi connectivity index (χ4n) is 3.73. The molecule has 0 saturated carbocycles. The molecule has 0 unspecified atom stereocenters. The highest BCUT2D eigenvalue weighted by molar-refractivity contribution is 6.45. The number of ether oxygens (including phenoxy) is 3. The lowest BCUT2D eigenvalue weighted by atomic mass is 10.1. The van der Waals surface area contributed by atoms with Gasteiger partial charge in [0.15, 0.2) is 12.3 Å². The molecule has 2 aromatic carbocycles. The zero-order valence-electron chi connectivity index (χ0n) is 25.3. The summed E-state index contributed by atoms with van der Waals surface area (Å²) in [6, 6.07) is 17.0. The first-order valence-corrected chi connectivity index (χ1v) is 14.5. The molecule has 242 valence electrons. The van der Waals surface area contributed by atoms with Gasteiger partial charge in [0.2, 0.25) is 12.0 Å². The molecule has 0 atom stereocenters. The smallest absolute Gasteiger partial charge is 0.280 e. The number of para-hydroxylation sites is 2. The fourth-order valence-corrected chi connectivity index (χ4v) is 4.01. The van der Waals surface area contributed by atoms with E-state index in [-0.39, 0.29) is 41.5 Å². The molecular weight excluding hydrogens is 654 g/mol. The minimum atomic E-state index is -0.915. The number of oxime groups is 2. The number of rotatable bonds is 9. The maximum absolute atomic E-state index is 15.1. The van der Waals surface area contributed by atoms with Crippen LogP contribution in [-0.4, -0.2) is 64.7 Å². The van der Waals surface area contributed by atoms with Crippen LogP contribution in [0.1, 0.15) is 18.1 Å². The molecule has 16 heteroatoms. The Bertz CT molecular complexity index is 1800. The Balaban J connectivity index is 0.000000280. The van der Waals surface area contributed by atoms with Gasteiger partial charge in [0.25, 0.3) is 17.7 Å². The molecule has 0 aliphatic carbocycles. The summed E-state index contributed by atoms with van der Waals surface area (Å²) in [6.07, 6.45) is 4.57. The van der Waals surface area contributed by atoms with Gasteiger partial charge in [0.1, 0.15) is 42.5 Å². The monoisotopic (exact) mass is 680 g/mol. The molecule has 0 radical (unpaired) electrons. The highest BCUT2D eigenvalue weighted by Gasteiger charge is 2.24. The summed E-state index contributed by atoms with van der Waals surface area (Å²) in [4.78, 5) is 27.2. The number of aromatic nitrogens is 3. The topological polar surface area (TPSA) is 149 Å². The first-order valence-electron chi connectivity index (χ1n) is 13.7. The van der Waals surface area contributed by atoms with Crippen LogP contribution in [-0.2, 0) is 21.0 Å². The van der Waals surface area contributed by atoms with Gasteiger partial charge in [0.05, 0.1) is 10.6 Å². The van der Waals surface area contributed by atoms with Gasteiger partial charge >= 0.3 is 0 Å². The number of pyridine rings is 1. The first kappa shape index (κ1) is 34.4. The summed E-state index contributed by atoms with van der Waals surface area (Å²) in [5.74, 6) is -0.412. The van der Waals surface area contributed by atoms with Gasteiger partial charge in [-0.1, -0.05) is 58.7 Å². The van der Waals surface area contributed by atoms with E-state index < -0.39 is 5.82 Å². The molecule has 47 heavy (non-hydrogen) atoms. The molecule has 0 N–H and O–H groups in total. The maximum atomic E-state index is 15.1. The molecule has 0 amide bonds. The Morgan fingerprint density at radius 2 is 1.70 bits per heavy atom. The van der Waals surface area contributed by atoms with E-state index in [9.17, 15) is 0 Å². The fraction of sp³-hybridized carbons (Fsp3) is 0.194. The third-order valence-electron chi connectivity index (χ3n) is 6.04. The third kappa shape index (κ3) is 9.73. The van der Waals surface area contributed by atoms with Crippen LogP contribution in [0.15, 0.2) is 88.5 Å². The Morgan fingerprint density at radius 1 is 1.00 bits per heavy atom. The Hall–Kier alpha value is -5.52. The average Bonchev–Trinajstić information content (AvgIpc) is 3.08. The van der Waals surface area contributed by atoms with Crippen molar-refractivity contribution in [2.45, 2.75) is 13.5 Å². The van der Waals surface area contributed by atoms with E-state index in [1.54, 1.807) is 73.9 Å². The molecule has 3 heterocycles. The van der Waals surface area contributed by atoms with Gasteiger partial charge in [-0.3, -0.25) is 0 Å². The summed E-state index contributed by atoms with van der Waals surface area (Å²) >= 11 is 11.7. The SMILES string of the molecule is CC(=NC#N)N(C)Cc1ccc(Cl)nc1.CO/N=C(/C1=NOCCO1)c1ccccc1Oc1ncnc(Oc2ccccc2Cl)c1F. The lowest BCUT2D eigenvalue weighted by Crippen LogP contribution is -2.25. The molecule has 1 aliphatic rings. The van der Waals surface area contributed by atoms with Gasteiger partial charge in [-0.15, -0.1) is 0 Å². The lowest BCUT2D eigenvalue weighted by molar-refractivity contribution is 0.0672. The minimum absolute atomic E-state index is 0.0973. The van der Waals surface area contributed by atoms with E-state index >= 15 is 4.39 Å². The predicted molar refractivity (Wildman–Crippen MR) is 172 cm³/mol. The maximum Gasteiger partial charge on any atom is 0.280 e. The summed E-state index contributed by atoms with van der Waals surface area (Å²) in [5, 5.41) is 17.0. The van der Waals surface area contributed by atoms with Crippen LogP contribution in [0, 0.1) is 17.3 Å². The molecule has 0 spiro atoms. The van der Waals surface area contributed by atoms with Crippen LogP contribution in [0.2, 0.25) is 10.2 Å². The van der Waals surface area contributed by atoms with Crippen LogP contribution < -0.4 is 9.47 Å². The van der Waals surface area contributed by atoms with Crippen molar-refractivity contribution in [2.24, 2.45) is 15.3 Å². The van der Waals surface area contributed by atoms with E-state index in [1.807, 2.05) is 18.0 Å². The Morgan fingerprint density at radius 3 is 2.34 bits per heavy atom. The van der Waals surface area contributed by atoms with Gasteiger partial charge in [-0.05, 0) is 48.0 Å². The first-order chi connectivity index (χ1) is 22.8. The van der Waals surface area contributed by atoms with E-state index in [0.717, 1.165) is 11.9 Å². The molecule has 2 aromatic heterocycles. The van der Waals surface area contributed by atoms with Gasteiger partial charge in [0, 0.05) is 19.8 Å². The number of benzene rings is 2. The van der Waals surface area contributed by atoms with Gasteiger partial charge in [-0.2, -0.15) is 24.6 Å². The molecule has 4 aromatic rings. The molecule has 0 saturated heterocycles. The molecule has 0 fully saturated rings. The Labute approximate surface area is 279 Å². The van der Waals surface area contributed by atoms with Gasteiger partial charge < -0.3 is 28.8 Å². The van der Waals surface area contributed by atoms with Crippen LogP contribution in [0.4, 0.5) is 4.39 Å². The average molecular weight is 682 g/mol. The largest absolute Gasteiger partial charge is 0.470 e. The van der Waals surface area contributed by atoms with Crippen LogP contribution in [0.25, 0.3) is 0 Å². The van der Waals surface area contributed by atoms with Gasteiger partial charge in [-0.25, -0.2) is 4.98 Å². The second-order valence-corrected chi connectivity index (χ2v) is 10.0. The standard InChI is InChI=1S/C21H16ClFN4O5.C10H11ClN4/c1-28-26-18(21-27-30-11-10-29-21)13-6-2-4-8-15(13)31-19-17(23)20(25-12-24-19)32-16-9-5-3-7-14(16)22;1-8(14-7-12)15(2)6-9-3-4-10(11)13-5-9/h2-9,12H,10-11H2,1H3;3-5H,6H2,1-2H3/b26-18+;. The number of hydrogen-bond acceptors (Lipinski definition) is 12. The number of amidine groups is 1. The van der Waals surface area contributed by atoms with E-state index in [4.69, 9.17) is 52.3 Å². The third-order valence-corrected chi connectivity index (χ3v) is 6.57. The Kier molecular flexibility index (Phi) is 12.6. The van der Waals surface area contributed by atoms with Crippen LogP contribution in [0.3, 0.4) is 0 Å². The zero-order chi connectivity index (χ0) is 33.6. The van der Waals surface area contributed by atoms with E-state index in [1.165, 1.54) is 7.11 Å². The zero-order valence-corrected chi connectivity index (χ0v) is 26.8. The quantitative estimate of drug-likeness (QED) is 0.0620. The predicted octanol–water partition coefficient (Wildman–Crippen LogP) is 6.63. The highest BCUT2D eigenvalue weighted by atomic mass is 35.5. The lowest BCUT2D eigenvalue weighted by Gasteiger charge is -2.17. The summed E-state index contributed by atoms with van der Waals surface area (Å²) in [5.41, 5.74) is 1.63. The van der Waals surface area contributed by atoms with Crippen molar-refractivity contribution in [3.63, 3.8) is 0 Å². The molecule has 13 nitrogen and oxygen atoms in total. The number of halogens is 3. The summed E-state index contributed by atoms with van der Waals surface area (Å²) < 4.78 is 31.8. The summed E-state index contributed by atoms with van der Waals surface area (Å²) in [7, 11) is 3.24. The minimum Gasteiger partial charge on any atom is -0.470 e. The second kappa shape index (κ2) is 17.2. The van der Waals surface area contributed by atoms with E-state index in [0.29, 0.717) is 34.7 Å². The molecule has 0 bridgehead atoms. The van der Waals surface area contributed by atoms with Crippen LogP contribution in [0.5, 0.6) is 23.3 Å². The normalized spacial score (nSPS) is 12.7. The van der Waals surface area contributed by atoms with Crippen molar-refractivity contribution >= 4 is 40.6 Å². The van der Waals surface area contributed by atoms with Crippen molar-refractivity contribution in [1.82, 2.24) is 19.9 Å². The number of aliphatic imine (C=N–C) groups is 1. The van der Waals surface area contributed by atoms with Crippen molar-refractivity contribution in [3.8, 4) is 29.5 Å². The van der Waals surface area contributed by atoms with Crippen molar-refractivity contribution < 1.29 is 28.3 Å². The number of nitriles is 1. The molecular formula is C31H27Cl2FN8O5. The number of hydrogen-bond donors (Lipinski definition) is 0.